The fourth-order valence-corrected chi connectivity index (χ4v) is 2.49. The van der Waals surface area contributed by atoms with Crippen LogP contribution >= 0.6 is 0 Å². The maximum Gasteiger partial charge on any atom is 0.255 e. The molecule has 1 amide bonds. The van der Waals surface area contributed by atoms with E-state index in [1.165, 1.54) is 11.1 Å². The second kappa shape index (κ2) is 5.78. The van der Waals surface area contributed by atoms with Gasteiger partial charge >= 0.3 is 0 Å². The number of benzene rings is 2. The zero-order valence-corrected chi connectivity index (χ0v) is 11.5. The smallest absolute Gasteiger partial charge is 0.255 e. The highest BCUT2D eigenvalue weighted by Crippen LogP contribution is 2.17. The van der Waals surface area contributed by atoms with Gasteiger partial charge in [0.2, 0.25) is 0 Å². The number of amides is 1. The van der Waals surface area contributed by atoms with E-state index in [4.69, 9.17) is 5.26 Å². The van der Waals surface area contributed by atoms with E-state index >= 15 is 0 Å². The average Bonchev–Trinajstić information content (AvgIpc) is 2.54. The highest BCUT2D eigenvalue weighted by atomic mass is 16.1. The van der Waals surface area contributed by atoms with Gasteiger partial charge in [-0.3, -0.25) is 4.79 Å². The number of nitrogens with zero attached hydrogens (tertiary/aromatic N) is 1. The lowest BCUT2D eigenvalue weighted by atomic mass is 9.98. The summed E-state index contributed by atoms with van der Waals surface area (Å²) in [4.78, 5) is 12.3. The first-order valence-electron chi connectivity index (χ1n) is 6.90. The molecular formula is C17H15N3O. The highest BCUT2D eigenvalue weighted by molar-refractivity contribution is 6.04. The molecule has 0 radical (unpaired) electrons. The van der Waals surface area contributed by atoms with Crippen LogP contribution in [-0.4, -0.2) is 12.5 Å². The van der Waals surface area contributed by atoms with E-state index in [2.05, 4.69) is 16.7 Å². The normalized spacial score (nSPS) is 13.1. The first-order valence-corrected chi connectivity index (χ1v) is 6.90. The summed E-state index contributed by atoms with van der Waals surface area (Å²) < 4.78 is 0. The van der Waals surface area contributed by atoms with Crippen molar-refractivity contribution in [2.45, 2.75) is 13.0 Å². The van der Waals surface area contributed by atoms with Gasteiger partial charge in [0.05, 0.1) is 11.6 Å². The topological polar surface area (TPSA) is 64.9 Å². The van der Waals surface area contributed by atoms with Crippen LogP contribution in [0.2, 0.25) is 0 Å². The van der Waals surface area contributed by atoms with Crippen LogP contribution in [0.1, 0.15) is 27.0 Å². The number of carbonyl (C=O) groups excluding carboxylic acids is 1. The van der Waals surface area contributed by atoms with Gasteiger partial charge in [-0.2, -0.15) is 5.26 Å². The van der Waals surface area contributed by atoms with Gasteiger partial charge in [0.1, 0.15) is 0 Å². The van der Waals surface area contributed by atoms with Crippen LogP contribution < -0.4 is 10.6 Å². The zero-order chi connectivity index (χ0) is 14.7. The van der Waals surface area contributed by atoms with Crippen molar-refractivity contribution in [1.82, 2.24) is 5.32 Å². The van der Waals surface area contributed by atoms with Gasteiger partial charge in [0.15, 0.2) is 0 Å². The van der Waals surface area contributed by atoms with Crippen LogP contribution in [0.25, 0.3) is 0 Å². The number of hydrogen-bond acceptors (Lipinski definition) is 3. The molecule has 0 bridgehead atoms. The summed E-state index contributed by atoms with van der Waals surface area (Å²) in [5.41, 5.74) is 4.29. The van der Waals surface area contributed by atoms with Gasteiger partial charge in [-0.15, -0.1) is 0 Å². The third-order valence-electron chi connectivity index (χ3n) is 3.60. The van der Waals surface area contributed by atoms with Crippen LogP contribution in [-0.2, 0) is 13.0 Å². The van der Waals surface area contributed by atoms with Crippen LogP contribution in [0.3, 0.4) is 0 Å². The van der Waals surface area contributed by atoms with Crippen LogP contribution in [0.15, 0.2) is 42.5 Å². The molecule has 0 atom stereocenters. The van der Waals surface area contributed by atoms with E-state index in [-0.39, 0.29) is 5.91 Å². The number of hydrogen-bond donors (Lipinski definition) is 2. The van der Waals surface area contributed by atoms with E-state index in [0.717, 1.165) is 19.5 Å². The molecule has 2 N–H and O–H groups in total. The quantitative estimate of drug-likeness (QED) is 0.886. The SMILES string of the molecule is N#Cc1cccc(NC(=O)c2ccc3c(c2)CNCC3)c1. The fourth-order valence-electron chi connectivity index (χ4n) is 2.49. The predicted octanol–water partition coefficient (Wildman–Crippen LogP) is 2.46. The summed E-state index contributed by atoms with van der Waals surface area (Å²) in [5, 5.41) is 15.0. The number of nitriles is 1. The van der Waals surface area contributed by atoms with E-state index < -0.39 is 0 Å². The maximum atomic E-state index is 12.3. The largest absolute Gasteiger partial charge is 0.322 e. The Bertz CT molecular complexity index is 731. The second-order valence-corrected chi connectivity index (χ2v) is 5.06. The Balaban J connectivity index is 1.80. The molecule has 1 aliphatic heterocycles. The first kappa shape index (κ1) is 13.3. The Hall–Kier alpha value is -2.64. The van der Waals surface area contributed by atoms with Crippen molar-refractivity contribution in [2.75, 3.05) is 11.9 Å². The van der Waals surface area contributed by atoms with Crippen molar-refractivity contribution in [2.24, 2.45) is 0 Å². The molecule has 0 spiro atoms. The molecule has 0 aliphatic carbocycles. The molecular weight excluding hydrogens is 262 g/mol. The van der Waals surface area contributed by atoms with Crippen LogP contribution in [0, 0.1) is 11.3 Å². The molecule has 2 aromatic carbocycles. The van der Waals surface area contributed by atoms with Crippen molar-refractivity contribution in [3.05, 3.63) is 64.7 Å². The lowest BCUT2D eigenvalue weighted by molar-refractivity contribution is 0.102. The number of anilines is 1. The number of carbonyl (C=O) groups is 1. The highest BCUT2D eigenvalue weighted by Gasteiger charge is 2.12. The third-order valence-corrected chi connectivity index (χ3v) is 3.60. The summed E-state index contributed by atoms with van der Waals surface area (Å²) in [7, 11) is 0. The molecule has 4 nitrogen and oxygen atoms in total. The summed E-state index contributed by atoms with van der Waals surface area (Å²) >= 11 is 0. The molecule has 0 saturated carbocycles. The van der Waals surface area contributed by atoms with Gasteiger partial charge < -0.3 is 10.6 Å². The number of nitrogens with one attached hydrogen (secondary N) is 2. The summed E-state index contributed by atoms with van der Waals surface area (Å²) in [5.74, 6) is -0.154. The summed E-state index contributed by atoms with van der Waals surface area (Å²) in [6.07, 6.45) is 1.00. The molecule has 2 aromatic rings. The number of rotatable bonds is 2. The maximum absolute atomic E-state index is 12.3. The Morgan fingerprint density at radius 2 is 2.10 bits per heavy atom. The first-order chi connectivity index (χ1) is 10.3. The van der Waals surface area contributed by atoms with Crippen LogP contribution in [0.4, 0.5) is 5.69 Å². The molecule has 3 rings (SSSR count). The molecule has 1 aliphatic rings. The second-order valence-electron chi connectivity index (χ2n) is 5.06. The minimum atomic E-state index is -0.154. The zero-order valence-electron chi connectivity index (χ0n) is 11.5. The molecule has 0 aromatic heterocycles. The fraction of sp³-hybridized carbons (Fsp3) is 0.176. The Morgan fingerprint density at radius 3 is 2.95 bits per heavy atom. The van der Waals surface area contributed by atoms with Gasteiger partial charge in [-0.1, -0.05) is 12.1 Å². The lowest BCUT2D eigenvalue weighted by Gasteiger charge is -2.17. The Labute approximate surface area is 123 Å². The molecule has 4 heteroatoms. The van der Waals surface area contributed by atoms with E-state index in [9.17, 15) is 4.79 Å². The monoisotopic (exact) mass is 277 g/mol. The molecule has 0 unspecified atom stereocenters. The van der Waals surface area contributed by atoms with Crippen molar-refractivity contribution in [3.8, 4) is 6.07 Å². The summed E-state index contributed by atoms with van der Waals surface area (Å²) in [6, 6.07) is 14.8. The average molecular weight is 277 g/mol. The van der Waals surface area contributed by atoms with Gasteiger partial charge in [0.25, 0.3) is 5.91 Å². The minimum Gasteiger partial charge on any atom is -0.322 e. The van der Waals surface area contributed by atoms with E-state index in [0.29, 0.717) is 16.8 Å². The van der Waals surface area contributed by atoms with Crippen molar-refractivity contribution in [1.29, 1.82) is 5.26 Å². The van der Waals surface area contributed by atoms with Crippen molar-refractivity contribution < 1.29 is 4.79 Å². The molecule has 21 heavy (non-hydrogen) atoms. The molecule has 0 fully saturated rings. The minimum absolute atomic E-state index is 0.154. The van der Waals surface area contributed by atoms with Gasteiger partial charge in [-0.05, 0) is 54.4 Å². The predicted molar refractivity (Wildman–Crippen MR) is 81.0 cm³/mol. The lowest BCUT2D eigenvalue weighted by Crippen LogP contribution is -2.24. The van der Waals surface area contributed by atoms with Crippen LogP contribution in [0.5, 0.6) is 0 Å². The molecule has 0 saturated heterocycles. The standard InChI is InChI=1S/C17H15N3O/c18-10-12-2-1-3-16(8-12)20-17(21)14-5-4-13-6-7-19-11-15(13)9-14/h1-5,8-9,19H,6-7,11H2,(H,20,21). The van der Waals surface area contributed by atoms with Crippen molar-refractivity contribution >= 4 is 11.6 Å². The van der Waals surface area contributed by atoms with Crippen molar-refractivity contribution in [3.63, 3.8) is 0 Å². The molecule has 1 heterocycles. The van der Waals surface area contributed by atoms with E-state index in [1.54, 1.807) is 24.3 Å². The Morgan fingerprint density at radius 1 is 1.19 bits per heavy atom. The van der Waals surface area contributed by atoms with E-state index in [1.807, 2.05) is 18.2 Å². The van der Waals surface area contributed by atoms with Gasteiger partial charge in [0, 0.05) is 17.8 Å². The summed E-state index contributed by atoms with van der Waals surface area (Å²) in [6.45, 7) is 1.79. The Kier molecular flexibility index (Phi) is 3.67. The number of fused-ring (bicyclic) bond motifs is 1. The van der Waals surface area contributed by atoms with Gasteiger partial charge in [-0.25, -0.2) is 0 Å². The third kappa shape index (κ3) is 2.93. The molecule has 104 valence electrons.